The van der Waals surface area contributed by atoms with E-state index in [1.165, 1.54) is 11.0 Å². The first-order chi connectivity index (χ1) is 17.5. The Balaban J connectivity index is 1.68. The second-order valence-electron chi connectivity index (χ2n) is 8.42. The Morgan fingerprint density at radius 1 is 1.19 bits per heavy atom. The summed E-state index contributed by atoms with van der Waals surface area (Å²) < 4.78 is 45.1. The molecule has 0 radical (unpaired) electrons. The molecule has 5 rings (SSSR count). The highest BCUT2D eigenvalue weighted by Gasteiger charge is 2.23. The van der Waals surface area contributed by atoms with Gasteiger partial charge in [0, 0.05) is 35.2 Å². The van der Waals surface area contributed by atoms with Gasteiger partial charge in [-0.05, 0) is 13.0 Å². The van der Waals surface area contributed by atoms with Gasteiger partial charge in [-0.25, -0.2) is 18.7 Å². The number of benzene rings is 2. The zero-order valence-electron chi connectivity index (χ0n) is 19.9. The lowest BCUT2D eigenvalue weighted by atomic mass is 10.0. The lowest BCUT2D eigenvalue weighted by Crippen LogP contribution is -2.16. The van der Waals surface area contributed by atoms with E-state index >= 15 is 0 Å². The normalized spacial score (nSPS) is 15.5. The summed E-state index contributed by atoms with van der Waals surface area (Å²) in [5.41, 5.74) is 3.87. The minimum absolute atomic E-state index is 0.0748. The van der Waals surface area contributed by atoms with Crippen molar-refractivity contribution < 1.29 is 23.0 Å². The first-order valence-corrected chi connectivity index (χ1v) is 11.8. The summed E-state index contributed by atoms with van der Waals surface area (Å²) in [7, 11) is 0. The molecule has 1 aliphatic heterocycles. The van der Waals surface area contributed by atoms with Crippen molar-refractivity contribution in [1.82, 2.24) is 19.7 Å². The van der Waals surface area contributed by atoms with Crippen LogP contribution >= 0.6 is 0 Å². The van der Waals surface area contributed by atoms with Gasteiger partial charge in [0.1, 0.15) is 36.2 Å². The molecule has 2 aromatic heterocycles. The molecular weight excluding hydrogens is 466 g/mol. The van der Waals surface area contributed by atoms with Crippen molar-refractivity contribution >= 4 is 16.7 Å². The standard InChI is InChI=1S/C27H26F2N4O3/c1-3-35-17(2)20-11-21-23(12-24(20)36-19-9-10-34-15-19)30-16-31-27(21)22-13-33(14-25(28)29)32-26(22)18-7-5-4-6-8-18/h4-8,11-13,16,19,25H,2-3,9-10,14-15H2,1H3. The summed E-state index contributed by atoms with van der Waals surface area (Å²) in [6.07, 6.45) is 1.24. The molecule has 4 aromatic rings. The SMILES string of the molecule is C=C(OCC)c1cc2c(-c3cn(CC(F)F)nc3-c3ccccc3)ncnc2cc1OC1CCOC1. The maximum Gasteiger partial charge on any atom is 0.257 e. The molecule has 0 aliphatic carbocycles. The molecule has 7 nitrogen and oxygen atoms in total. The average Bonchev–Trinajstić information content (AvgIpc) is 3.53. The first kappa shape index (κ1) is 23.9. The molecule has 0 spiro atoms. The number of halogens is 2. The first-order valence-electron chi connectivity index (χ1n) is 11.8. The maximum atomic E-state index is 13.2. The quantitative estimate of drug-likeness (QED) is 0.283. The van der Waals surface area contributed by atoms with Crippen LogP contribution in [0.3, 0.4) is 0 Å². The van der Waals surface area contributed by atoms with Crippen LogP contribution in [0.1, 0.15) is 18.9 Å². The topological polar surface area (TPSA) is 71.3 Å². The Morgan fingerprint density at radius 3 is 2.75 bits per heavy atom. The second kappa shape index (κ2) is 10.4. The Bertz CT molecular complexity index is 1370. The summed E-state index contributed by atoms with van der Waals surface area (Å²) in [5, 5.41) is 5.18. The molecular formula is C27H26F2N4O3. The van der Waals surface area contributed by atoms with Crippen LogP contribution in [0.2, 0.25) is 0 Å². The van der Waals surface area contributed by atoms with E-state index < -0.39 is 13.0 Å². The summed E-state index contributed by atoms with van der Waals surface area (Å²) in [4.78, 5) is 9.02. The summed E-state index contributed by atoms with van der Waals surface area (Å²) >= 11 is 0. The third-order valence-corrected chi connectivity index (χ3v) is 5.93. The van der Waals surface area contributed by atoms with Crippen LogP contribution in [0.25, 0.3) is 39.2 Å². The third kappa shape index (κ3) is 4.92. The zero-order chi connectivity index (χ0) is 25.1. The van der Waals surface area contributed by atoms with Gasteiger partial charge in [-0.15, -0.1) is 0 Å². The highest BCUT2D eigenvalue weighted by molar-refractivity contribution is 5.98. The van der Waals surface area contributed by atoms with Crippen molar-refractivity contribution in [2.75, 3.05) is 19.8 Å². The van der Waals surface area contributed by atoms with Gasteiger partial charge in [0.15, 0.2) is 0 Å². The van der Waals surface area contributed by atoms with Crippen molar-refractivity contribution in [3.8, 4) is 28.3 Å². The van der Waals surface area contributed by atoms with Crippen LogP contribution in [-0.2, 0) is 16.0 Å². The molecule has 36 heavy (non-hydrogen) atoms. The Hall–Kier alpha value is -3.85. The van der Waals surface area contributed by atoms with Gasteiger partial charge < -0.3 is 14.2 Å². The van der Waals surface area contributed by atoms with Crippen LogP contribution in [0.5, 0.6) is 5.75 Å². The van der Waals surface area contributed by atoms with Gasteiger partial charge in [-0.1, -0.05) is 36.9 Å². The van der Waals surface area contributed by atoms with Crippen LogP contribution in [-0.4, -0.2) is 52.1 Å². The van der Waals surface area contributed by atoms with Crippen LogP contribution in [0, 0.1) is 0 Å². The number of hydrogen-bond donors (Lipinski definition) is 0. The fraction of sp³-hybridized carbons (Fsp3) is 0.296. The smallest absolute Gasteiger partial charge is 0.257 e. The maximum absolute atomic E-state index is 13.2. The molecule has 9 heteroatoms. The minimum Gasteiger partial charge on any atom is -0.494 e. The Labute approximate surface area is 207 Å². The zero-order valence-corrected chi connectivity index (χ0v) is 19.9. The molecule has 2 aromatic carbocycles. The van der Waals surface area contributed by atoms with E-state index in [2.05, 4.69) is 21.6 Å². The average molecular weight is 493 g/mol. The molecule has 1 saturated heterocycles. The van der Waals surface area contributed by atoms with Gasteiger partial charge in [-0.3, -0.25) is 4.68 Å². The number of fused-ring (bicyclic) bond motifs is 1. The highest BCUT2D eigenvalue weighted by atomic mass is 19.3. The molecule has 3 heterocycles. The fourth-order valence-electron chi connectivity index (χ4n) is 4.29. The fourth-order valence-corrected chi connectivity index (χ4v) is 4.29. The number of nitrogens with zero attached hydrogens (tertiary/aromatic N) is 4. The predicted octanol–water partition coefficient (Wildman–Crippen LogP) is 5.60. The number of rotatable bonds is 9. The molecule has 186 valence electrons. The molecule has 1 fully saturated rings. The number of hydrogen-bond acceptors (Lipinski definition) is 6. The van der Waals surface area contributed by atoms with E-state index in [-0.39, 0.29) is 6.10 Å². The number of ether oxygens (including phenoxy) is 3. The van der Waals surface area contributed by atoms with Gasteiger partial charge in [-0.2, -0.15) is 5.10 Å². The number of alkyl halides is 2. The highest BCUT2D eigenvalue weighted by Crippen LogP contribution is 2.38. The summed E-state index contributed by atoms with van der Waals surface area (Å²) in [5.74, 6) is 1.05. The molecule has 0 saturated carbocycles. The lowest BCUT2D eigenvalue weighted by molar-refractivity contribution is 0.122. The van der Waals surface area contributed by atoms with E-state index in [9.17, 15) is 8.78 Å². The molecule has 0 bridgehead atoms. The van der Waals surface area contributed by atoms with Crippen LogP contribution < -0.4 is 4.74 Å². The van der Waals surface area contributed by atoms with E-state index in [0.717, 1.165) is 12.0 Å². The van der Waals surface area contributed by atoms with E-state index in [1.807, 2.05) is 49.4 Å². The van der Waals surface area contributed by atoms with Gasteiger partial charge >= 0.3 is 0 Å². The van der Waals surface area contributed by atoms with E-state index in [4.69, 9.17) is 14.2 Å². The van der Waals surface area contributed by atoms with Gasteiger partial charge in [0.05, 0.1) is 36.6 Å². The molecule has 0 N–H and O–H groups in total. The van der Waals surface area contributed by atoms with E-state index in [0.29, 0.717) is 64.7 Å². The van der Waals surface area contributed by atoms with Crippen LogP contribution in [0.4, 0.5) is 8.78 Å². The lowest BCUT2D eigenvalue weighted by Gasteiger charge is -2.18. The predicted molar refractivity (Wildman–Crippen MR) is 133 cm³/mol. The van der Waals surface area contributed by atoms with Gasteiger partial charge in [0.2, 0.25) is 0 Å². The van der Waals surface area contributed by atoms with E-state index in [1.54, 1.807) is 6.20 Å². The van der Waals surface area contributed by atoms with Gasteiger partial charge in [0.25, 0.3) is 6.43 Å². The molecule has 1 atom stereocenters. The Morgan fingerprint density at radius 2 is 2.03 bits per heavy atom. The minimum atomic E-state index is -2.54. The van der Waals surface area contributed by atoms with Crippen molar-refractivity contribution in [3.63, 3.8) is 0 Å². The third-order valence-electron chi connectivity index (χ3n) is 5.93. The number of aromatic nitrogens is 4. The monoisotopic (exact) mass is 492 g/mol. The largest absolute Gasteiger partial charge is 0.494 e. The van der Waals surface area contributed by atoms with Crippen molar-refractivity contribution in [1.29, 1.82) is 0 Å². The Kier molecular flexibility index (Phi) is 6.90. The van der Waals surface area contributed by atoms with Crippen molar-refractivity contribution in [3.05, 3.63) is 67.1 Å². The molecule has 1 unspecified atom stereocenters. The van der Waals surface area contributed by atoms with Crippen LogP contribution in [0.15, 0.2) is 61.6 Å². The van der Waals surface area contributed by atoms with Crippen molar-refractivity contribution in [2.24, 2.45) is 0 Å². The molecule has 1 aliphatic rings. The second-order valence-corrected chi connectivity index (χ2v) is 8.42. The van der Waals surface area contributed by atoms with Crippen molar-refractivity contribution in [2.45, 2.75) is 32.4 Å². The summed E-state index contributed by atoms with van der Waals surface area (Å²) in [6, 6.07) is 13.1. The summed E-state index contributed by atoms with van der Waals surface area (Å²) in [6.45, 7) is 7.06. The molecule has 0 amide bonds.